The smallest absolute Gasteiger partial charge is 0.230 e. The molecule has 1 unspecified atom stereocenters. The van der Waals surface area contributed by atoms with E-state index in [2.05, 4.69) is 0 Å². The Hall–Kier alpha value is -1.35. The largest absolute Gasteiger partial charge is 0.386 e. The first-order chi connectivity index (χ1) is 8.06. The number of likely N-dealkylation sites (tertiary alicyclic amines) is 1. The summed E-state index contributed by atoms with van der Waals surface area (Å²) in [6, 6.07) is 9.76. The fourth-order valence-electron chi connectivity index (χ4n) is 2.20. The van der Waals surface area contributed by atoms with Gasteiger partial charge in [-0.05, 0) is 18.9 Å². The third-order valence-corrected chi connectivity index (χ3v) is 3.61. The summed E-state index contributed by atoms with van der Waals surface area (Å²) in [6.07, 6.45) is 0.705. The lowest BCUT2D eigenvalue weighted by Gasteiger charge is -2.47. The fraction of sp³-hybridized carbons (Fsp3) is 0.500. The maximum absolute atomic E-state index is 12.1. The first kappa shape index (κ1) is 12.1. The van der Waals surface area contributed by atoms with Gasteiger partial charge in [0.15, 0.2) is 0 Å². The summed E-state index contributed by atoms with van der Waals surface area (Å²) in [5.74, 6) is -0.0214. The summed E-state index contributed by atoms with van der Waals surface area (Å²) in [6.45, 7) is 4.81. The van der Waals surface area contributed by atoms with E-state index in [1.165, 1.54) is 0 Å². The summed E-state index contributed by atoms with van der Waals surface area (Å²) >= 11 is 0. The number of hydrogen-bond donors (Lipinski definition) is 1. The highest BCUT2D eigenvalue weighted by molar-refractivity contribution is 5.84. The fourth-order valence-corrected chi connectivity index (χ4v) is 2.20. The zero-order valence-electron chi connectivity index (χ0n) is 10.4. The number of β-amino-alcohol motifs (C(OH)–C–C–N with tert-alkyl or cyclic N) is 1. The number of amides is 1. The van der Waals surface area contributed by atoms with Crippen molar-refractivity contribution < 1.29 is 9.90 Å². The number of nitrogens with zero attached hydrogens (tertiary/aromatic N) is 1. The van der Waals surface area contributed by atoms with Gasteiger partial charge in [0.05, 0.1) is 24.6 Å². The first-order valence-electron chi connectivity index (χ1n) is 6.12. The minimum absolute atomic E-state index is 0.106. The van der Waals surface area contributed by atoms with Crippen LogP contribution in [0.25, 0.3) is 0 Å². The summed E-state index contributed by atoms with van der Waals surface area (Å²) in [5.41, 5.74) is 0.385. The average Bonchev–Trinajstić information content (AvgIpc) is 2.34. The predicted molar refractivity (Wildman–Crippen MR) is 66.7 cm³/mol. The van der Waals surface area contributed by atoms with E-state index in [0.29, 0.717) is 19.5 Å². The molecule has 1 aromatic rings. The van der Waals surface area contributed by atoms with Gasteiger partial charge in [-0.1, -0.05) is 37.3 Å². The molecule has 1 heterocycles. The van der Waals surface area contributed by atoms with E-state index in [0.717, 1.165) is 5.56 Å². The molecule has 1 N–H and O–H groups in total. The molecule has 92 valence electrons. The second kappa shape index (κ2) is 4.49. The van der Waals surface area contributed by atoms with Gasteiger partial charge in [0.2, 0.25) is 5.91 Å². The Morgan fingerprint density at radius 3 is 2.53 bits per heavy atom. The second-order valence-corrected chi connectivity index (χ2v) is 4.90. The van der Waals surface area contributed by atoms with Gasteiger partial charge in [-0.15, -0.1) is 0 Å². The molecule has 1 aliphatic heterocycles. The van der Waals surface area contributed by atoms with E-state index in [1.807, 2.05) is 44.2 Å². The SMILES string of the molecule is CCC1(O)CN(C(=O)C(C)c2ccccc2)C1. The molecular formula is C14H19NO2. The van der Waals surface area contributed by atoms with Crippen molar-refractivity contribution >= 4 is 5.91 Å². The highest BCUT2D eigenvalue weighted by atomic mass is 16.3. The van der Waals surface area contributed by atoms with Crippen LogP contribution < -0.4 is 0 Å². The highest BCUT2D eigenvalue weighted by Gasteiger charge is 2.43. The van der Waals surface area contributed by atoms with Crippen LogP contribution in [0.15, 0.2) is 30.3 Å². The maximum Gasteiger partial charge on any atom is 0.230 e. The van der Waals surface area contributed by atoms with Gasteiger partial charge in [-0.25, -0.2) is 0 Å². The molecule has 1 aliphatic rings. The number of carbonyl (C=O) groups is 1. The standard InChI is InChI=1S/C14H19NO2/c1-3-14(17)9-15(10-14)13(16)11(2)12-7-5-4-6-8-12/h4-8,11,17H,3,9-10H2,1-2H3. The molecule has 0 aromatic heterocycles. The molecule has 3 nitrogen and oxygen atoms in total. The Morgan fingerprint density at radius 1 is 1.41 bits per heavy atom. The van der Waals surface area contributed by atoms with E-state index in [9.17, 15) is 9.90 Å². The van der Waals surface area contributed by atoms with Crippen LogP contribution in [0.2, 0.25) is 0 Å². The number of hydrogen-bond acceptors (Lipinski definition) is 2. The van der Waals surface area contributed by atoms with Crippen LogP contribution in [0.4, 0.5) is 0 Å². The molecule has 2 rings (SSSR count). The highest BCUT2D eigenvalue weighted by Crippen LogP contribution is 2.28. The van der Waals surface area contributed by atoms with Gasteiger partial charge in [0.1, 0.15) is 0 Å². The Labute approximate surface area is 102 Å². The molecule has 1 atom stereocenters. The third-order valence-electron chi connectivity index (χ3n) is 3.61. The van der Waals surface area contributed by atoms with Crippen molar-refractivity contribution in [3.05, 3.63) is 35.9 Å². The van der Waals surface area contributed by atoms with Crippen LogP contribution in [-0.4, -0.2) is 34.6 Å². The lowest BCUT2D eigenvalue weighted by Crippen LogP contribution is -2.63. The Kier molecular flexibility index (Phi) is 3.20. The molecule has 0 spiro atoms. The van der Waals surface area contributed by atoms with Gasteiger partial charge in [0, 0.05) is 0 Å². The zero-order valence-corrected chi connectivity index (χ0v) is 10.4. The Bertz CT molecular complexity index is 396. The van der Waals surface area contributed by atoms with Gasteiger partial charge < -0.3 is 10.0 Å². The Balaban J connectivity index is 1.99. The van der Waals surface area contributed by atoms with Crippen LogP contribution in [-0.2, 0) is 4.79 Å². The molecule has 1 saturated heterocycles. The molecule has 3 heteroatoms. The van der Waals surface area contributed by atoms with E-state index >= 15 is 0 Å². The van der Waals surface area contributed by atoms with Crippen molar-refractivity contribution in [3.8, 4) is 0 Å². The first-order valence-corrected chi connectivity index (χ1v) is 6.12. The third kappa shape index (κ3) is 2.34. The molecule has 1 fully saturated rings. The van der Waals surface area contributed by atoms with E-state index < -0.39 is 5.60 Å². The number of aliphatic hydroxyl groups is 1. The molecule has 0 radical (unpaired) electrons. The number of carbonyl (C=O) groups excluding carboxylic acids is 1. The molecule has 0 bridgehead atoms. The van der Waals surface area contributed by atoms with Crippen LogP contribution >= 0.6 is 0 Å². The van der Waals surface area contributed by atoms with Crippen LogP contribution in [0.5, 0.6) is 0 Å². The van der Waals surface area contributed by atoms with E-state index in [-0.39, 0.29) is 11.8 Å². The monoisotopic (exact) mass is 233 g/mol. The molecular weight excluding hydrogens is 214 g/mol. The van der Waals surface area contributed by atoms with Gasteiger partial charge in [-0.2, -0.15) is 0 Å². The zero-order chi connectivity index (χ0) is 12.5. The summed E-state index contributed by atoms with van der Waals surface area (Å²) < 4.78 is 0. The van der Waals surface area contributed by atoms with Crippen LogP contribution in [0.1, 0.15) is 31.7 Å². The van der Waals surface area contributed by atoms with Gasteiger partial charge in [-0.3, -0.25) is 4.79 Å². The molecule has 1 amide bonds. The van der Waals surface area contributed by atoms with Crippen LogP contribution in [0.3, 0.4) is 0 Å². The van der Waals surface area contributed by atoms with E-state index in [1.54, 1.807) is 4.90 Å². The number of rotatable bonds is 3. The summed E-state index contributed by atoms with van der Waals surface area (Å²) in [4.78, 5) is 13.9. The van der Waals surface area contributed by atoms with Crippen LogP contribution in [0, 0.1) is 0 Å². The molecule has 0 aliphatic carbocycles. The van der Waals surface area contributed by atoms with Gasteiger partial charge >= 0.3 is 0 Å². The summed E-state index contributed by atoms with van der Waals surface area (Å²) in [7, 11) is 0. The summed E-state index contributed by atoms with van der Waals surface area (Å²) in [5, 5.41) is 9.90. The maximum atomic E-state index is 12.1. The normalized spacial score (nSPS) is 19.6. The van der Waals surface area contributed by atoms with Crippen molar-refractivity contribution in [2.75, 3.05) is 13.1 Å². The topological polar surface area (TPSA) is 40.5 Å². The lowest BCUT2D eigenvalue weighted by atomic mass is 9.89. The van der Waals surface area contributed by atoms with Crippen molar-refractivity contribution in [2.45, 2.75) is 31.8 Å². The van der Waals surface area contributed by atoms with Gasteiger partial charge in [0.25, 0.3) is 0 Å². The lowest BCUT2D eigenvalue weighted by molar-refractivity contribution is -0.156. The average molecular weight is 233 g/mol. The molecule has 17 heavy (non-hydrogen) atoms. The van der Waals surface area contributed by atoms with Crippen molar-refractivity contribution in [1.82, 2.24) is 4.90 Å². The van der Waals surface area contributed by atoms with E-state index in [4.69, 9.17) is 0 Å². The number of benzene rings is 1. The predicted octanol–water partition coefficient (Wildman–Crippen LogP) is 1.77. The quantitative estimate of drug-likeness (QED) is 0.864. The second-order valence-electron chi connectivity index (χ2n) is 4.90. The van der Waals surface area contributed by atoms with Crippen molar-refractivity contribution in [3.63, 3.8) is 0 Å². The minimum Gasteiger partial charge on any atom is -0.386 e. The van der Waals surface area contributed by atoms with Crippen molar-refractivity contribution in [1.29, 1.82) is 0 Å². The Morgan fingerprint density at radius 2 is 2.00 bits per heavy atom. The molecule has 0 saturated carbocycles. The minimum atomic E-state index is -0.647. The van der Waals surface area contributed by atoms with Crippen molar-refractivity contribution in [2.24, 2.45) is 0 Å². The molecule has 1 aromatic carbocycles.